The first-order valence-corrected chi connectivity index (χ1v) is 11.0. The molecule has 9 heteroatoms. The Kier molecular flexibility index (Phi) is 6.88. The fraction of sp³-hybridized carbons (Fsp3) is 0.417. The van der Waals surface area contributed by atoms with E-state index in [1.807, 2.05) is 29.3 Å². The number of methoxy groups -OCH3 is 2. The predicted molar refractivity (Wildman–Crippen MR) is 125 cm³/mol. The fourth-order valence-electron chi connectivity index (χ4n) is 4.12. The number of nitrogens with zero attached hydrogens (tertiary/aromatic N) is 5. The van der Waals surface area contributed by atoms with Crippen molar-refractivity contribution in [2.45, 2.75) is 19.9 Å². The van der Waals surface area contributed by atoms with Gasteiger partial charge in [-0.15, -0.1) is 0 Å². The summed E-state index contributed by atoms with van der Waals surface area (Å²) in [6.07, 6.45) is 2.70. The van der Waals surface area contributed by atoms with Crippen molar-refractivity contribution in [2.24, 2.45) is 0 Å². The minimum absolute atomic E-state index is 0.0319. The first-order chi connectivity index (χ1) is 16.0. The third-order valence-electron chi connectivity index (χ3n) is 6.08. The van der Waals surface area contributed by atoms with Crippen molar-refractivity contribution < 1.29 is 14.3 Å². The van der Waals surface area contributed by atoms with E-state index in [9.17, 15) is 9.59 Å². The van der Waals surface area contributed by atoms with Crippen molar-refractivity contribution in [3.05, 3.63) is 58.4 Å². The fourth-order valence-corrected chi connectivity index (χ4v) is 4.12. The van der Waals surface area contributed by atoms with Gasteiger partial charge in [-0.25, -0.2) is 4.98 Å². The highest BCUT2D eigenvalue weighted by molar-refractivity contribution is 5.82. The second-order valence-corrected chi connectivity index (χ2v) is 8.07. The summed E-state index contributed by atoms with van der Waals surface area (Å²) in [6.45, 7) is 5.51. The van der Waals surface area contributed by atoms with Crippen LogP contribution in [0.2, 0.25) is 0 Å². The lowest BCUT2D eigenvalue weighted by atomic mass is 10.2. The van der Waals surface area contributed by atoms with Crippen molar-refractivity contribution >= 4 is 16.8 Å². The average molecular weight is 452 g/mol. The number of ether oxygens (including phenoxy) is 2. The van der Waals surface area contributed by atoms with Gasteiger partial charge >= 0.3 is 0 Å². The number of pyridine rings is 1. The van der Waals surface area contributed by atoms with Crippen LogP contribution in [0.5, 0.6) is 11.5 Å². The molecule has 174 valence electrons. The number of carbonyl (C=O) groups is 1. The molecule has 0 unspecified atom stereocenters. The highest BCUT2D eigenvalue weighted by Crippen LogP contribution is 2.30. The minimum atomic E-state index is -0.263. The van der Waals surface area contributed by atoms with Crippen molar-refractivity contribution in [1.29, 1.82) is 0 Å². The maximum absolute atomic E-state index is 13.1. The van der Waals surface area contributed by atoms with Crippen molar-refractivity contribution in [3.63, 3.8) is 0 Å². The Balaban J connectivity index is 1.42. The Morgan fingerprint density at radius 3 is 2.45 bits per heavy atom. The van der Waals surface area contributed by atoms with Crippen LogP contribution in [-0.2, 0) is 17.8 Å². The van der Waals surface area contributed by atoms with Crippen LogP contribution in [-0.4, -0.2) is 77.2 Å². The van der Waals surface area contributed by atoms with E-state index in [1.165, 1.54) is 18.8 Å². The monoisotopic (exact) mass is 451 g/mol. The number of fused-ring (bicyclic) bond motifs is 1. The number of hydrogen-bond acceptors (Lipinski definition) is 7. The van der Waals surface area contributed by atoms with E-state index in [1.54, 1.807) is 19.1 Å². The Labute approximate surface area is 192 Å². The topological polar surface area (TPSA) is 89.8 Å². The van der Waals surface area contributed by atoms with Gasteiger partial charge in [0.25, 0.3) is 5.56 Å². The quantitative estimate of drug-likeness (QED) is 0.538. The van der Waals surface area contributed by atoms with E-state index in [-0.39, 0.29) is 18.0 Å². The highest BCUT2D eigenvalue weighted by Gasteiger charge is 2.23. The Morgan fingerprint density at radius 2 is 1.79 bits per heavy atom. The largest absolute Gasteiger partial charge is 0.493 e. The summed E-state index contributed by atoms with van der Waals surface area (Å²) in [5, 5.41) is 0.394. The van der Waals surface area contributed by atoms with Gasteiger partial charge in [0.05, 0.1) is 25.1 Å². The minimum Gasteiger partial charge on any atom is -0.493 e. The van der Waals surface area contributed by atoms with Crippen LogP contribution in [0.15, 0.2) is 41.3 Å². The summed E-state index contributed by atoms with van der Waals surface area (Å²) in [5.41, 5.74) is 1.32. The summed E-state index contributed by atoms with van der Waals surface area (Å²) in [4.78, 5) is 39.2. The van der Waals surface area contributed by atoms with Gasteiger partial charge in [-0.1, -0.05) is 6.07 Å². The second-order valence-electron chi connectivity index (χ2n) is 8.07. The number of benzene rings is 1. The lowest BCUT2D eigenvalue weighted by Gasteiger charge is -2.34. The van der Waals surface area contributed by atoms with Crippen LogP contribution in [0.4, 0.5) is 0 Å². The van der Waals surface area contributed by atoms with Gasteiger partial charge in [-0.3, -0.25) is 24.0 Å². The van der Waals surface area contributed by atoms with Gasteiger partial charge in [0.1, 0.15) is 12.4 Å². The molecule has 0 N–H and O–H groups in total. The molecule has 0 bridgehead atoms. The van der Waals surface area contributed by atoms with E-state index < -0.39 is 0 Å². The molecule has 4 rings (SSSR count). The first-order valence-electron chi connectivity index (χ1n) is 11.0. The van der Waals surface area contributed by atoms with E-state index >= 15 is 0 Å². The predicted octanol–water partition coefficient (Wildman–Crippen LogP) is 1.50. The molecule has 1 fully saturated rings. The summed E-state index contributed by atoms with van der Waals surface area (Å²) in [5.74, 6) is 1.37. The van der Waals surface area contributed by atoms with Gasteiger partial charge < -0.3 is 14.4 Å². The number of piperazine rings is 1. The first kappa shape index (κ1) is 22.7. The van der Waals surface area contributed by atoms with Crippen molar-refractivity contribution in [3.8, 4) is 11.5 Å². The molecule has 3 aromatic rings. The molecule has 1 amide bonds. The lowest BCUT2D eigenvalue weighted by Crippen LogP contribution is -2.50. The number of amides is 1. The molecule has 1 aliphatic rings. The Hall–Kier alpha value is -3.46. The normalized spacial score (nSPS) is 14.5. The molecule has 3 heterocycles. The molecule has 0 radical (unpaired) electrons. The van der Waals surface area contributed by atoms with Crippen LogP contribution in [0.3, 0.4) is 0 Å². The molecule has 0 spiro atoms. The number of aromatic nitrogens is 3. The maximum atomic E-state index is 13.1. The molecule has 9 nitrogen and oxygen atoms in total. The van der Waals surface area contributed by atoms with E-state index in [0.29, 0.717) is 41.3 Å². The van der Waals surface area contributed by atoms with Gasteiger partial charge in [0.2, 0.25) is 5.91 Å². The van der Waals surface area contributed by atoms with E-state index in [0.717, 1.165) is 31.7 Å². The number of hydrogen-bond donors (Lipinski definition) is 0. The molecular weight excluding hydrogens is 422 g/mol. The summed E-state index contributed by atoms with van der Waals surface area (Å²) < 4.78 is 12.1. The number of rotatable bonds is 7. The van der Waals surface area contributed by atoms with Crippen LogP contribution in [0.1, 0.15) is 11.5 Å². The van der Waals surface area contributed by atoms with Crippen molar-refractivity contribution in [1.82, 2.24) is 24.3 Å². The molecule has 0 atom stereocenters. The summed E-state index contributed by atoms with van der Waals surface area (Å²) in [6, 6.07) is 9.24. The maximum Gasteiger partial charge on any atom is 0.262 e. The van der Waals surface area contributed by atoms with E-state index in [4.69, 9.17) is 9.47 Å². The third-order valence-corrected chi connectivity index (χ3v) is 6.08. The molecule has 1 aromatic carbocycles. The van der Waals surface area contributed by atoms with E-state index in [2.05, 4.69) is 14.9 Å². The Morgan fingerprint density at radius 1 is 1.06 bits per heavy atom. The smallest absolute Gasteiger partial charge is 0.262 e. The second kappa shape index (κ2) is 9.99. The third kappa shape index (κ3) is 4.98. The van der Waals surface area contributed by atoms with Crippen LogP contribution >= 0.6 is 0 Å². The molecule has 0 saturated carbocycles. The van der Waals surface area contributed by atoms with Gasteiger partial charge in [0.15, 0.2) is 11.5 Å². The number of aryl methyl sites for hydroxylation is 1. The molecular formula is C24H29N5O4. The molecule has 33 heavy (non-hydrogen) atoms. The van der Waals surface area contributed by atoms with Gasteiger partial charge in [0, 0.05) is 57.1 Å². The SMILES string of the molecule is COc1cc2nc(C)n(CC(=O)N3CCN(CCc4ccccn4)CC3)c(=O)c2cc1OC. The summed E-state index contributed by atoms with van der Waals surface area (Å²) in [7, 11) is 3.05. The molecule has 1 aliphatic heterocycles. The van der Waals surface area contributed by atoms with Crippen LogP contribution in [0.25, 0.3) is 10.9 Å². The average Bonchev–Trinajstić information content (AvgIpc) is 2.85. The molecule has 2 aromatic heterocycles. The van der Waals surface area contributed by atoms with Crippen LogP contribution < -0.4 is 15.0 Å². The number of carbonyl (C=O) groups excluding carboxylic acids is 1. The zero-order chi connectivity index (χ0) is 23.4. The van der Waals surface area contributed by atoms with Crippen molar-refractivity contribution in [2.75, 3.05) is 46.9 Å². The van der Waals surface area contributed by atoms with Gasteiger partial charge in [-0.05, 0) is 25.1 Å². The highest BCUT2D eigenvalue weighted by atomic mass is 16.5. The standard InChI is InChI=1S/C24H29N5O4/c1-17-26-20-15-22(33-3)21(32-2)14-19(20)24(31)29(17)16-23(30)28-12-10-27(11-13-28)9-7-18-6-4-5-8-25-18/h4-6,8,14-15H,7,9-13,16H2,1-3H3. The Bertz CT molecular complexity index is 1190. The molecule has 0 aliphatic carbocycles. The molecule has 1 saturated heterocycles. The zero-order valence-corrected chi connectivity index (χ0v) is 19.3. The van der Waals surface area contributed by atoms with Gasteiger partial charge in [-0.2, -0.15) is 0 Å². The zero-order valence-electron chi connectivity index (χ0n) is 19.3. The van der Waals surface area contributed by atoms with Crippen LogP contribution in [0, 0.1) is 6.92 Å². The summed E-state index contributed by atoms with van der Waals surface area (Å²) >= 11 is 0. The lowest BCUT2D eigenvalue weighted by molar-refractivity contribution is -0.133.